The minimum atomic E-state index is -0.585. The van der Waals surface area contributed by atoms with Gasteiger partial charge < -0.3 is 9.47 Å². The Morgan fingerprint density at radius 1 is 1.08 bits per heavy atom. The van der Waals surface area contributed by atoms with Crippen LogP contribution in [0.5, 0.6) is 11.5 Å². The molecule has 0 saturated heterocycles. The fourth-order valence-corrected chi connectivity index (χ4v) is 3.44. The highest BCUT2D eigenvalue weighted by Gasteiger charge is 2.21. The van der Waals surface area contributed by atoms with Crippen molar-refractivity contribution >= 4 is 17.2 Å². The zero-order valence-corrected chi connectivity index (χ0v) is 13.2. The third-order valence-electron chi connectivity index (χ3n) is 3.60. The molecule has 4 rings (SSSR count). The molecule has 2 aromatic carbocycles. The number of hydroxylamine groups is 1. The molecule has 120 valence electrons. The predicted octanol–water partition coefficient (Wildman–Crippen LogP) is 3.32. The maximum atomic E-state index is 12.0. The third-order valence-corrected chi connectivity index (χ3v) is 4.70. The number of hydrogen-bond donors (Lipinski definition) is 2. The van der Waals surface area contributed by atoms with Gasteiger partial charge in [-0.1, -0.05) is 30.3 Å². The second kappa shape index (κ2) is 5.95. The van der Waals surface area contributed by atoms with E-state index in [1.165, 1.54) is 11.3 Å². The SMILES string of the molecule is O=C(NO)c1sc(-c2ccc3c(c2)OCO3)nc1-c1ccccc1. The number of nitrogens with one attached hydrogen (secondary N) is 1. The van der Waals surface area contributed by atoms with Gasteiger partial charge in [0.2, 0.25) is 6.79 Å². The number of ether oxygens (including phenoxy) is 2. The Morgan fingerprint density at radius 2 is 1.88 bits per heavy atom. The van der Waals surface area contributed by atoms with E-state index in [0.717, 1.165) is 11.1 Å². The van der Waals surface area contributed by atoms with Gasteiger partial charge in [0, 0.05) is 11.1 Å². The molecule has 0 fully saturated rings. The molecule has 0 saturated carbocycles. The van der Waals surface area contributed by atoms with Crippen molar-refractivity contribution in [2.45, 2.75) is 0 Å². The summed E-state index contributed by atoms with van der Waals surface area (Å²) in [7, 11) is 0. The quantitative estimate of drug-likeness (QED) is 0.565. The van der Waals surface area contributed by atoms with Crippen LogP contribution in [0.1, 0.15) is 9.67 Å². The second-order valence-corrected chi connectivity index (χ2v) is 6.07. The molecular weight excluding hydrogens is 328 g/mol. The number of thiazole rings is 1. The topological polar surface area (TPSA) is 80.7 Å². The number of benzene rings is 2. The van der Waals surface area contributed by atoms with Crippen LogP contribution in [-0.4, -0.2) is 22.9 Å². The van der Waals surface area contributed by atoms with E-state index >= 15 is 0 Å². The van der Waals surface area contributed by atoms with E-state index in [0.29, 0.717) is 27.1 Å². The monoisotopic (exact) mass is 340 g/mol. The largest absolute Gasteiger partial charge is 0.454 e. The molecule has 1 amide bonds. The van der Waals surface area contributed by atoms with E-state index in [1.807, 2.05) is 48.5 Å². The highest BCUT2D eigenvalue weighted by molar-refractivity contribution is 7.17. The lowest BCUT2D eigenvalue weighted by Crippen LogP contribution is -2.18. The second-order valence-electron chi connectivity index (χ2n) is 5.07. The van der Waals surface area contributed by atoms with E-state index in [-0.39, 0.29) is 6.79 Å². The van der Waals surface area contributed by atoms with Gasteiger partial charge in [-0.2, -0.15) is 0 Å². The van der Waals surface area contributed by atoms with E-state index in [1.54, 1.807) is 5.48 Å². The first-order chi connectivity index (χ1) is 11.8. The van der Waals surface area contributed by atoms with Gasteiger partial charge in [-0.3, -0.25) is 10.0 Å². The van der Waals surface area contributed by atoms with Crippen LogP contribution in [0.3, 0.4) is 0 Å². The zero-order chi connectivity index (χ0) is 16.5. The van der Waals surface area contributed by atoms with E-state index in [4.69, 9.17) is 14.7 Å². The third kappa shape index (κ3) is 2.49. The number of aromatic nitrogens is 1. The molecule has 2 heterocycles. The summed E-state index contributed by atoms with van der Waals surface area (Å²) in [6.07, 6.45) is 0. The van der Waals surface area contributed by atoms with Crippen LogP contribution in [-0.2, 0) is 0 Å². The highest BCUT2D eigenvalue weighted by atomic mass is 32.1. The lowest BCUT2D eigenvalue weighted by atomic mass is 10.1. The van der Waals surface area contributed by atoms with Crippen LogP contribution in [0.4, 0.5) is 0 Å². The number of carbonyl (C=O) groups is 1. The molecule has 0 bridgehead atoms. The minimum Gasteiger partial charge on any atom is -0.454 e. The lowest BCUT2D eigenvalue weighted by Gasteiger charge is -2.00. The Kier molecular flexibility index (Phi) is 3.64. The number of fused-ring (bicyclic) bond motifs is 1. The maximum Gasteiger partial charge on any atom is 0.287 e. The zero-order valence-electron chi connectivity index (χ0n) is 12.4. The molecular formula is C17H12N2O4S. The van der Waals surface area contributed by atoms with Crippen LogP contribution in [0.25, 0.3) is 21.8 Å². The molecule has 1 aliphatic heterocycles. The Bertz CT molecular complexity index is 908. The molecule has 0 spiro atoms. The number of hydrogen-bond acceptors (Lipinski definition) is 6. The van der Waals surface area contributed by atoms with Crippen molar-refractivity contribution < 1.29 is 19.5 Å². The van der Waals surface area contributed by atoms with E-state index in [9.17, 15) is 4.79 Å². The van der Waals surface area contributed by atoms with Crippen LogP contribution in [0.2, 0.25) is 0 Å². The summed E-state index contributed by atoms with van der Waals surface area (Å²) in [5.41, 5.74) is 3.84. The van der Waals surface area contributed by atoms with E-state index < -0.39 is 5.91 Å². The Balaban J connectivity index is 1.83. The van der Waals surface area contributed by atoms with Gasteiger partial charge in [-0.25, -0.2) is 10.5 Å². The van der Waals surface area contributed by atoms with Gasteiger partial charge >= 0.3 is 0 Å². The number of carbonyl (C=O) groups excluding carboxylic acids is 1. The summed E-state index contributed by atoms with van der Waals surface area (Å²) < 4.78 is 10.7. The number of nitrogens with zero attached hydrogens (tertiary/aromatic N) is 1. The van der Waals surface area contributed by atoms with Crippen molar-refractivity contribution in [3.05, 3.63) is 53.4 Å². The average molecular weight is 340 g/mol. The van der Waals surface area contributed by atoms with Crippen LogP contribution >= 0.6 is 11.3 Å². The molecule has 7 heteroatoms. The van der Waals surface area contributed by atoms with Crippen LogP contribution < -0.4 is 15.0 Å². The molecule has 0 unspecified atom stereocenters. The average Bonchev–Trinajstić information content (AvgIpc) is 3.28. The first-order valence-corrected chi connectivity index (χ1v) is 7.98. The maximum absolute atomic E-state index is 12.0. The molecule has 3 aromatic rings. The van der Waals surface area contributed by atoms with Gasteiger partial charge in [0.1, 0.15) is 9.88 Å². The first-order valence-electron chi connectivity index (χ1n) is 7.17. The fraction of sp³-hybridized carbons (Fsp3) is 0.0588. The molecule has 0 aliphatic carbocycles. The van der Waals surface area contributed by atoms with Gasteiger partial charge in [0.05, 0.1) is 5.69 Å². The molecule has 1 aromatic heterocycles. The normalized spacial score (nSPS) is 12.2. The fourth-order valence-electron chi connectivity index (χ4n) is 2.47. The van der Waals surface area contributed by atoms with Crippen molar-refractivity contribution in [3.8, 4) is 33.3 Å². The van der Waals surface area contributed by atoms with Crippen LogP contribution in [0.15, 0.2) is 48.5 Å². The standard InChI is InChI=1S/C17H12N2O4S/c20-16(19-21)15-14(10-4-2-1-3-5-10)18-17(24-15)11-6-7-12-13(8-11)23-9-22-12/h1-8,21H,9H2,(H,19,20). The van der Waals surface area contributed by atoms with Gasteiger partial charge in [0.15, 0.2) is 11.5 Å². The molecule has 0 radical (unpaired) electrons. The van der Waals surface area contributed by atoms with Crippen molar-refractivity contribution in [1.29, 1.82) is 0 Å². The summed E-state index contributed by atoms with van der Waals surface area (Å²) >= 11 is 1.21. The Hall–Kier alpha value is -2.90. The van der Waals surface area contributed by atoms with Gasteiger partial charge in [0.25, 0.3) is 5.91 Å². The smallest absolute Gasteiger partial charge is 0.287 e. The summed E-state index contributed by atoms with van der Waals surface area (Å²) in [5.74, 6) is 0.752. The van der Waals surface area contributed by atoms with Crippen molar-refractivity contribution in [2.24, 2.45) is 0 Å². The molecule has 1 aliphatic rings. The van der Waals surface area contributed by atoms with Crippen LogP contribution in [0, 0.1) is 0 Å². The minimum absolute atomic E-state index is 0.199. The number of rotatable bonds is 3. The predicted molar refractivity (Wildman–Crippen MR) is 88.4 cm³/mol. The van der Waals surface area contributed by atoms with E-state index in [2.05, 4.69) is 4.98 Å². The highest BCUT2D eigenvalue weighted by Crippen LogP contribution is 2.39. The van der Waals surface area contributed by atoms with Crippen molar-refractivity contribution in [3.63, 3.8) is 0 Å². The summed E-state index contributed by atoms with van der Waals surface area (Å²) in [4.78, 5) is 16.9. The Morgan fingerprint density at radius 3 is 2.67 bits per heavy atom. The van der Waals surface area contributed by atoms with Crippen molar-refractivity contribution in [2.75, 3.05) is 6.79 Å². The summed E-state index contributed by atoms with van der Waals surface area (Å²) in [5, 5.41) is 9.67. The molecule has 24 heavy (non-hydrogen) atoms. The summed E-state index contributed by atoms with van der Waals surface area (Å²) in [6, 6.07) is 14.9. The molecule has 6 nitrogen and oxygen atoms in total. The van der Waals surface area contributed by atoms with Gasteiger partial charge in [-0.15, -0.1) is 11.3 Å². The molecule has 2 N–H and O–H groups in total. The first kappa shape index (κ1) is 14.7. The molecule has 0 atom stereocenters. The Labute approximate surface area is 141 Å². The number of amides is 1. The lowest BCUT2D eigenvalue weighted by molar-refractivity contribution is 0.0711. The van der Waals surface area contributed by atoms with Gasteiger partial charge in [-0.05, 0) is 18.2 Å². The summed E-state index contributed by atoms with van der Waals surface area (Å²) in [6.45, 7) is 0.199. The van der Waals surface area contributed by atoms with Crippen molar-refractivity contribution in [1.82, 2.24) is 10.5 Å².